The Morgan fingerprint density at radius 2 is 2.06 bits per heavy atom. The van der Waals surface area contributed by atoms with E-state index in [0.29, 0.717) is 6.42 Å². The van der Waals surface area contributed by atoms with E-state index >= 15 is 0 Å². The van der Waals surface area contributed by atoms with Crippen molar-refractivity contribution in [2.24, 2.45) is 0 Å². The van der Waals surface area contributed by atoms with Gasteiger partial charge in [-0.3, -0.25) is 14.9 Å². The molecule has 17 heavy (non-hydrogen) atoms. The van der Waals surface area contributed by atoms with E-state index in [9.17, 15) is 19.3 Å². The number of hydrogen-bond acceptors (Lipinski definition) is 3. The molecular weight excluding hydrogens is 251 g/mol. The number of non-ortho nitro benzene ring substituents is 1. The van der Waals surface area contributed by atoms with Gasteiger partial charge in [0.15, 0.2) is 0 Å². The van der Waals surface area contributed by atoms with Gasteiger partial charge in [0.2, 0.25) is 0 Å². The highest BCUT2D eigenvalue weighted by Crippen LogP contribution is 2.11. The van der Waals surface area contributed by atoms with Crippen molar-refractivity contribution in [1.29, 1.82) is 0 Å². The molecule has 1 atom stereocenters. The molecule has 1 aromatic rings. The molecule has 0 unspecified atom stereocenters. The van der Waals surface area contributed by atoms with Gasteiger partial charge in [-0.15, -0.1) is 0 Å². The van der Waals surface area contributed by atoms with Gasteiger partial charge in [-0.1, -0.05) is 23.7 Å². The SMILES string of the molecule is O=C(NCCc1ccc([N+](=O)[O-])cc1)[C@H](F)Cl. The molecule has 0 heterocycles. The molecule has 0 spiro atoms. The molecule has 1 N–H and O–H groups in total. The number of benzene rings is 1. The van der Waals surface area contributed by atoms with E-state index in [4.69, 9.17) is 11.6 Å². The minimum atomic E-state index is -2.05. The van der Waals surface area contributed by atoms with Crippen LogP contribution in [0.3, 0.4) is 0 Å². The first kappa shape index (κ1) is 13.4. The Balaban J connectivity index is 2.42. The van der Waals surface area contributed by atoms with Crippen LogP contribution in [0.4, 0.5) is 10.1 Å². The summed E-state index contributed by atoms with van der Waals surface area (Å²) in [6, 6.07) is 5.91. The topological polar surface area (TPSA) is 72.2 Å². The highest BCUT2D eigenvalue weighted by atomic mass is 35.5. The third-order valence-electron chi connectivity index (χ3n) is 2.06. The Morgan fingerprint density at radius 1 is 1.47 bits per heavy atom. The van der Waals surface area contributed by atoms with E-state index in [0.717, 1.165) is 5.56 Å². The quantitative estimate of drug-likeness (QED) is 0.498. The van der Waals surface area contributed by atoms with Gasteiger partial charge >= 0.3 is 0 Å². The number of rotatable bonds is 5. The average Bonchev–Trinajstić information content (AvgIpc) is 2.29. The standard InChI is InChI=1S/C10H10ClFN2O3/c11-9(12)10(15)13-6-5-7-1-3-8(4-2-7)14(16)17/h1-4,9H,5-6H2,(H,13,15)/t9-/m0/s1. The van der Waals surface area contributed by atoms with E-state index in [1.165, 1.54) is 12.1 Å². The van der Waals surface area contributed by atoms with E-state index in [-0.39, 0.29) is 12.2 Å². The molecule has 0 saturated carbocycles. The predicted octanol–water partition coefficient (Wildman–Crippen LogP) is 1.79. The van der Waals surface area contributed by atoms with Crippen LogP contribution in [0.1, 0.15) is 5.56 Å². The molecule has 5 nitrogen and oxygen atoms in total. The van der Waals surface area contributed by atoms with Gasteiger partial charge in [0.1, 0.15) is 0 Å². The van der Waals surface area contributed by atoms with Crippen molar-refractivity contribution in [3.8, 4) is 0 Å². The van der Waals surface area contributed by atoms with Crippen molar-refractivity contribution in [2.45, 2.75) is 12.1 Å². The lowest BCUT2D eigenvalue weighted by Gasteiger charge is -2.04. The molecule has 0 aromatic heterocycles. The summed E-state index contributed by atoms with van der Waals surface area (Å²) in [6.45, 7) is 0.226. The van der Waals surface area contributed by atoms with E-state index < -0.39 is 16.5 Å². The summed E-state index contributed by atoms with van der Waals surface area (Å²) in [7, 11) is 0. The van der Waals surface area contributed by atoms with E-state index in [1.54, 1.807) is 12.1 Å². The van der Waals surface area contributed by atoms with Gasteiger partial charge in [-0.05, 0) is 12.0 Å². The largest absolute Gasteiger partial charge is 0.352 e. The number of nitro benzene ring substituents is 1. The van der Waals surface area contributed by atoms with Crippen molar-refractivity contribution in [2.75, 3.05) is 6.54 Å². The van der Waals surface area contributed by atoms with Gasteiger partial charge in [-0.2, -0.15) is 0 Å². The zero-order valence-corrected chi connectivity index (χ0v) is 9.48. The number of alkyl halides is 2. The van der Waals surface area contributed by atoms with Crippen molar-refractivity contribution < 1.29 is 14.1 Å². The Labute approximate surface area is 102 Å². The fourth-order valence-electron chi connectivity index (χ4n) is 1.19. The summed E-state index contributed by atoms with van der Waals surface area (Å²) in [5.74, 6) is -0.881. The maximum atomic E-state index is 12.2. The van der Waals surface area contributed by atoms with E-state index in [1.807, 2.05) is 0 Å². The molecule has 7 heteroatoms. The minimum Gasteiger partial charge on any atom is -0.352 e. The molecule has 0 aliphatic heterocycles. The van der Waals surface area contributed by atoms with Gasteiger partial charge in [-0.25, -0.2) is 4.39 Å². The lowest BCUT2D eigenvalue weighted by Crippen LogP contribution is -2.30. The number of hydrogen-bond donors (Lipinski definition) is 1. The second kappa shape index (κ2) is 6.15. The van der Waals surface area contributed by atoms with Crippen molar-refractivity contribution >= 4 is 23.2 Å². The number of nitrogens with one attached hydrogen (secondary N) is 1. The molecular formula is C10H10ClFN2O3. The van der Waals surface area contributed by atoms with Crippen LogP contribution in [0.25, 0.3) is 0 Å². The molecule has 0 aliphatic carbocycles. The number of carbonyl (C=O) groups excluding carboxylic acids is 1. The molecule has 1 aromatic carbocycles. The number of nitro groups is 1. The molecule has 0 bridgehead atoms. The Kier molecular flexibility index (Phi) is 4.84. The highest BCUT2D eigenvalue weighted by Gasteiger charge is 2.11. The normalized spacial score (nSPS) is 11.9. The average molecular weight is 261 g/mol. The number of halogens is 2. The third kappa shape index (κ3) is 4.36. The second-order valence-corrected chi connectivity index (χ2v) is 3.65. The Hall–Kier alpha value is -1.69. The molecule has 0 fully saturated rings. The van der Waals surface area contributed by atoms with Crippen molar-refractivity contribution in [3.63, 3.8) is 0 Å². The fraction of sp³-hybridized carbons (Fsp3) is 0.300. The van der Waals surface area contributed by atoms with Crippen molar-refractivity contribution in [1.82, 2.24) is 5.32 Å². The second-order valence-electron chi connectivity index (χ2n) is 3.27. The number of carbonyl (C=O) groups is 1. The van der Waals surface area contributed by atoms with Crippen LogP contribution in [0.2, 0.25) is 0 Å². The van der Waals surface area contributed by atoms with Crippen molar-refractivity contribution in [3.05, 3.63) is 39.9 Å². The lowest BCUT2D eigenvalue weighted by molar-refractivity contribution is -0.384. The summed E-state index contributed by atoms with van der Waals surface area (Å²) < 4.78 is 12.2. The maximum absolute atomic E-state index is 12.2. The zero-order valence-electron chi connectivity index (χ0n) is 8.73. The van der Waals surface area contributed by atoms with Gasteiger partial charge in [0.05, 0.1) is 4.92 Å². The van der Waals surface area contributed by atoms with Crippen LogP contribution in [-0.2, 0) is 11.2 Å². The minimum absolute atomic E-state index is 0.00219. The monoisotopic (exact) mass is 260 g/mol. The predicted molar refractivity (Wildman–Crippen MR) is 60.6 cm³/mol. The fourth-order valence-corrected chi connectivity index (χ4v) is 1.27. The van der Waals surface area contributed by atoms with Crippen LogP contribution in [0.5, 0.6) is 0 Å². The lowest BCUT2D eigenvalue weighted by atomic mass is 10.1. The van der Waals surface area contributed by atoms with Gasteiger partial charge < -0.3 is 5.32 Å². The smallest absolute Gasteiger partial charge is 0.270 e. The van der Waals surface area contributed by atoms with Crippen LogP contribution in [-0.4, -0.2) is 23.0 Å². The molecule has 92 valence electrons. The summed E-state index contributed by atoms with van der Waals surface area (Å²) in [6.07, 6.45) is 0.452. The first-order valence-electron chi connectivity index (χ1n) is 4.80. The van der Waals surface area contributed by atoms with Crippen LogP contribution >= 0.6 is 11.6 Å². The first-order chi connectivity index (χ1) is 8.00. The third-order valence-corrected chi connectivity index (χ3v) is 2.26. The first-order valence-corrected chi connectivity index (χ1v) is 5.23. The zero-order chi connectivity index (χ0) is 12.8. The Bertz CT molecular complexity index is 409. The van der Waals surface area contributed by atoms with Gasteiger partial charge in [0, 0.05) is 18.7 Å². The molecule has 0 aliphatic rings. The summed E-state index contributed by atoms with van der Waals surface area (Å²) in [4.78, 5) is 20.7. The summed E-state index contributed by atoms with van der Waals surface area (Å²) in [5.41, 5.74) is -1.24. The molecule has 1 rings (SSSR count). The van der Waals surface area contributed by atoms with Gasteiger partial charge in [0.25, 0.3) is 17.2 Å². The molecule has 1 amide bonds. The Morgan fingerprint density at radius 3 is 2.53 bits per heavy atom. The molecule has 0 radical (unpaired) electrons. The van der Waals surface area contributed by atoms with Crippen LogP contribution < -0.4 is 5.32 Å². The summed E-state index contributed by atoms with van der Waals surface area (Å²) >= 11 is 4.91. The number of amides is 1. The summed E-state index contributed by atoms with van der Waals surface area (Å²) in [5, 5.41) is 12.7. The van der Waals surface area contributed by atoms with Crippen LogP contribution in [0, 0.1) is 10.1 Å². The molecule has 0 saturated heterocycles. The van der Waals surface area contributed by atoms with E-state index in [2.05, 4.69) is 5.32 Å². The van der Waals surface area contributed by atoms with Crippen LogP contribution in [0.15, 0.2) is 24.3 Å². The maximum Gasteiger partial charge on any atom is 0.270 e. The number of nitrogens with zero attached hydrogens (tertiary/aromatic N) is 1. The highest BCUT2D eigenvalue weighted by molar-refractivity contribution is 6.29.